The van der Waals surface area contributed by atoms with Crippen molar-refractivity contribution >= 4 is 28.6 Å². The minimum Gasteiger partial charge on any atom is -0.355 e. The van der Waals surface area contributed by atoms with Crippen molar-refractivity contribution in [2.75, 3.05) is 37.0 Å². The lowest BCUT2D eigenvalue weighted by molar-refractivity contribution is 0.0962. The molecule has 0 aliphatic carbocycles. The van der Waals surface area contributed by atoms with Crippen LogP contribution >= 0.6 is 0 Å². The van der Waals surface area contributed by atoms with Crippen LogP contribution in [0.25, 0.3) is 11.0 Å². The van der Waals surface area contributed by atoms with Crippen molar-refractivity contribution in [1.29, 1.82) is 0 Å². The highest BCUT2D eigenvalue weighted by atomic mass is 16.1. The number of H-pyrrole nitrogens is 1. The van der Waals surface area contributed by atoms with E-state index in [1.165, 1.54) is 0 Å². The summed E-state index contributed by atoms with van der Waals surface area (Å²) in [5, 5.41) is 3.65. The second-order valence-corrected chi connectivity index (χ2v) is 7.31. The molecule has 1 aliphatic heterocycles. The maximum absolute atomic E-state index is 11.7. The summed E-state index contributed by atoms with van der Waals surface area (Å²) in [5.41, 5.74) is 1.42. The van der Waals surface area contributed by atoms with Crippen molar-refractivity contribution < 1.29 is 4.79 Å². The molecule has 2 N–H and O–H groups in total. The number of rotatable bonds is 4. The van der Waals surface area contributed by atoms with Gasteiger partial charge in [-0.1, -0.05) is 6.92 Å². The van der Waals surface area contributed by atoms with Gasteiger partial charge in [-0.3, -0.25) is 4.79 Å². The van der Waals surface area contributed by atoms with Crippen molar-refractivity contribution in [2.24, 2.45) is 5.92 Å². The zero-order chi connectivity index (χ0) is 19.7. The predicted molar refractivity (Wildman–Crippen MR) is 110 cm³/mol. The van der Waals surface area contributed by atoms with E-state index in [1.807, 2.05) is 24.4 Å². The minimum absolute atomic E-state index is 0.122. The number of anilines is 2. The molecule has 28 heavy (non-hydrogen) atoms. The second kappa shape index (κ2) is 7.46. The quantitative estimate of drug-likeness (QED) is 0.721. The standard InChI is InChI=1S/C20H25N7O/c1-13-7-9-27(17-5-4-14(10-23-17)20(28)21-2)11-16(13)26(3)19-15-6-8-22-18(15)24-12-25-19/h4-6,8,10,12-13,16H,7,9,11H2,1-3H3,(H,21,28)(H,22,24,25). The summed E-state index contributed by atoms with van der Waals surface area (Å²) in [4.78, 5) is 32.8. The van der Waals surface area contributed by atoms with E-state index in [2.05, 4.69) is 49.0 Å². The Morgan fingerprint density at radius 3 is 2.89 bits per heavy atom. The van der Waals surface area contributed by atoms with Gasteiger partial charge in [-0.25, -0.2) is 15.0 Å². The van der Waals surface area contributed by atoms with Crippen molar-refractivity contribution in [3.8, 4) is 0 Å². The fourth-order valence-corrected chi connectivity index (χ4v) is 3.91. The summed E-state index contributed by atoms with van der Waals surface area (Å²) in [6.07, 6.45) is 6.20. The Kier molecular flexibility index (Phi) is 4.85. The molecule has 0 spiro atoms. The lowest BCUT2D eigenvalue weighted by Crippen LogP contribution is -2.51. The zero-order valence-corrected chi connectivity index (χ0v) is 16.4. The normalized spacial score (nSPS) is 19.6. The van der Waals surface area contributed by atoms with Crippen LogP contribution in [0.15, 0.2) is 36.9 Å². The molecule has 4 heterocycles. The van der Waals surface area contributed by atoms with Gasteiger partial charge in [-0.05, 0) is 30.5 Å². The van der Waals surface area contributed by atoms with Gasteiger partial charge in [0.05, 0.1) is 17.0 Å². The molecule has 3 aromatic rings. The average molecular weight is 379 g/mol. The zero-order valence-electron chi connectivity index (χ0n) is 16.4. The molecule has 1 saturated heterocycles. The molecule has 1 aliphatic rings. The van der Waals surface area contributed by atoms with Gasteiger partial charge in [0.2, 0.25) is 0 Å². The van der Waals surface area contributed by atoms with E-state index in [0.29, 0.717) is 17.5 Å². The fourth-order valence-electron chi connectivity index (χ4n) is 3.91. The molecule has 8 nitrogen and oxygen atoms in total. The molecule has 2 unspecified atom stereocenters. The number of carbonyl (C=O) groups is 1. The van der Waals surface area contributed by atoms with Crippen LogP contribution in [0.4, 0.5) is 11.6 Å². The second-order valence-electron chi connectivity index (χ2n) is 7.31. The first-order valence-corrected chi connectivity index (χ1v) is 9.52. The van der Waals surface area contributed by atoms with Gasteiger partial charge in [0.25, 0.3) is 5.91 Å². The van der Waals surface area contributed by atoms with Crippen LogP contribution in [0.2, 0.25) is 0 Å². The number of aromatic amines is 1. The van der Waals surface area contributed by atoms with Gasteiger partial charge >= 0.3 is 0 Å². The molecular formula is C20H25N7O. The van der Waals surface area contributed by atoms with Gasteiger partial charge in [-0.2, -0.15) is 0 Å². The topological polar surface area (TPSA) is 90.0 Å². The predicted octanol–water partition coefficient (Wildman–Crippen LogP) is 2.06. The Bertz CT molecular complexity index is 968. The molecule has 8 heteroatoms. The molecule has 3 aromatic heterocycles. The maximum Gasteiger partial charge on any atom is 0.252 e. The van der Waals surface area contributed by atoms with Crippen LogP contribution in [-0.2, 0) is 0 Å². The SMILES string of the molecule is CNC(=O)c1ccc(N2CCC(C)C(N(C)c3ncnc4[nH]ccc34)C2)nc1. The average Bonchev–Trinajstić information content (AvgIpc) is 3.22. The van der Waals surface area contributed by atoms with Crippen molar-refractivity contribution in [2.45, 2.75) is 19.4 Å². The van der Waals surface area contributed by atoms with Gasteiger partial charge in [-0.15, -0.1) is 0 Å². The Labute approximate surface area is 164 Å². The van der Waals surface area contributed by atoms with E-state index < -0.39 is 0 Å². The van der Waals surface area contributed by atoms with E-state index in [0.717, 1.165) is 42.2 Å². The van der Waals surface area contributed by atoms with Crippen LogP contribution in [0.3, 0.4) is 0 Å². The summed E-state index contributed by atoms with van der Waals surface area (Å²) in [5.74, 6) is 2.24. The first-order valence-electron chi connectivity index (χ1n) is 9.52. The number of piperidine rings is 1. The van der Waals surface area contributed by atoms with Gasteiger partial charge in [0.1, 0.15) is 23.6 Å². The minimum atomic E-state index is -0.122. The highest BCUT2D eigenvalue weighted by Gasteiger charge is 2.31. The molecular weight excluding hydrogens is 354 g/mol. The fraction of sp³-hybridized carbons (Fsp3) is 0.400. The smallest absolute Gasteiger partial charge is 0.252 e. The summed E-state index contributed by atoms with van der Waals surface area (Å²) in [6, 6.07) is 6.06. The van der Waals surface area contributed by atoms with Gasteiger partial charge in [0, 0.05) is 39.6 Å². The lowest BCUT2D eigenvalue weighted by atomic mass is 9.92. The molecule has 4 rings (SSSR count). The number of amides is 1. The molecule has 0 saturated carbocycles. The molecule has 1 amide bonds. The first kappa shape index (κ1) is 18.2. The third-order valence-corrected chi connectivity index (χ3v) is 5.64. The highest BCUT2D eigenvalue weighted by Crippen LogP contribution is 2.30. The molecule has 146 valence electrons. The van der Waals surface area contributed by atoms with Crippen molar-refractivity contribution in [3.05, 3.63) is 42.5 Å². The number of carbonyl (C=O) groups excluding carboxylic acids is 1. The number of nitrogens with zero attached hydrogens (tertiary/aromatic N) is 5. The molecule has 2 atom stereocenters. The van der Waals surface area contributed by atoms with E-state index in [1.54, 1.807) is 19.6 Å². The number of nitrogens with one attached hydrogen (secondary N) is 2. The van der Waals surface area contributed by atoms with Crippen molar-refractivity contribution in [1.82, 2.24) is 25.3 Å². The van der Waals surface area contributed by atoms with E-state index in [9.17, 15) is 4.79 Å². The monoisotopic (exact) mass is 379 g/mol. The highest BCUT2D eigenvalue weighted by molar-refractivity contribution is 5.93. The largest absolute Gasteiger partial charge is 0.355 e. The number of hydrogen-bond acceptors (Lipinski definition) is 6. The van der Waals surface area contributed by atoms with E-state index in [-0.39, 0.29) is 5.91 Å². The molecule has 0 bridgehead atoms. The Morgan fingerprint density at radius 2 is 2.14 bits per heavy atom. The van der Waals surface area contributed by atoms with E-state index >= 15 is 0 Å². The first-order chi connectivity index (χ1) is 13.6. The number of aromatic nitrogens is 4. The molecule has 1 fully saturated rings. The number of pyridine rings is 1. The van der Waals surface area contributed by atoms with Crippen LogP contribution in [0, 0.1) is 5.92 Å². The lowest BCUT2D eigenvalue weighted by Gasteiger charge is -2.42. The number of hydrogen-bond donors (Lipinski definition) is 2. The molecule has 0 radical (unpaired) electrons. The van der Waals surface area contributed by atoms with Crippen LogP contribution in [0.1, 0.15) is 23.7 Å². The van der Waals surface area contributed by atoms with Gasteiger partial charge < -0.3 is 20.1 Å². The third-order valence-electron chi connectivity index (χ3n) is 5.64. The van der Waals surface area contributed by atoms with Crippen LogP contribution < -0.4 is 15.1 Å². The van der Waals surface area contributed by atoms with Crippen molar-refractivity contribution in [3.63, 3.8) is 0 Å². The summed E-state index contributed by atoms with van der Waals surface area (Å²) in [7, 11) is 3.72. The Morgan fingerprint density at radius 1 is 1.29 bits per heavy atom. The Hall–Kier alpha value is -3.16. The Balaban J connectivity index is 1.56. The van der Waals surface area contributed by atoms with Crippen LogP contribution in [-0.4, -0.2) is 59.1 Å². The van der Waals surface area contributed by atoms with Crippen LogP contribution in [0.5, 0.6) is 0 Å². The van der Waals surface area contributed by atoms with E-state index in [4.69, 9.17) is 0 Å². The number of likely N-dealkylation sites (N-methyl/N-ethyl adjacent to an activating group) is 1. The van der Waals surface area contributed by atoms with Gasteiger partial charge in [0.15, 0.2) is 0 Å². The molecule has 0 aromatic carbocycles. The summed E-state index contributed by atoms with van der Waals surface area (Å²) >= 11 is 0. The third kappa shape index (κ3) is 3.26. The summed E-state index contributed by atoms with van der Waals surface area (Å²) in [6.45, 7) is 4.08. The maximum atomic E-state index is 11.7. The number of fused-ring (bicyclic) bond motifs is 1. The summed E-state index contributed by atoms with van der Waals surface area (Å²) < 4.78 is 0.